The lowest BCUT2D eigenvalue weighted by molar-refractivity contribution is 0.202. The maximum atomic E-state index is 9.59. The lowest BCUT2D eigenvalue weighted by atomic mass is 9.85. The number of anilines is 1. The van der Waals surface area contributed by atoms with Gasteiger partial charge in [-0.2, -0.15) is 0 Å². The van der Waals surface area contributed by atoms with Crippen LogP contribution in [0.15, 0.2) is 0 Å². The summed E-state index contributed by atoms with van der Waals surface area (Å²) in [6, 6.07) is 0. The number of aliphatic hydroxyl groups is 1. The van der Waals surface area contributed by atoms with Gasteiger partial charge in [0.15, 0.2) is 5.13 Å². The first-order valence-electron chi connectivity index (χ1n) is 5.94. The Morgan fingerprint density at radius 1 is 1.56 bits per heavy atom. The van der Waals surface area contributed by atoms with Crippen molar-refractivity contribution in [2.45, 2.75) is 39.2 Å². The summed E-state index contributed by atoms with van der Waals surface area (Å²) in [5.74, 6) is 0.851. The van der Waals surface area contributed by atoms with Gasteiger partial charge in [-0.1, -0.05) is 17.8 Å². The van der Waals surface area contributed by atoms with Gasteiger partial charge in [0.2, 0.25) is 0 Å². The van der Waals surface area contributed by atoms with Gasteiger partial charge >= 0.3 is 0 Å². The van der Waals surface area contributed by atoms with Gasteiger partial charge in [0.1, 0.15) is 0 Å². The number of hydrogen-bond donors (Lipinski definition) is 1. The molecule has 2 rings (SSSR count). The van der Waals surface area contributed by atoms with E-state index in [1.807, 2.05) is 6.92 Å². The van der Waals surface area contributed by atoms with Crippen LogP contribution >= 0.6 is 11.3 Å². The molecule has 0 radical (unpaired) electrons. The molecule has 0 saturated heterocycles. The summed E-state index contributed by atoms with van der Waals surface area (Å²) in [5, 5.41) is 10.6. The Morgan fingerprint density at radius 3 is 2.69 bits per heavy atom. The summed E-state index contributed by atoms with van der Waals surface area (Å²) in [7, 11) is 2.10. The van der Waals surface area contributed by atoms with Crippen molar-refractivity contribution in [2.24, 2.45) is 5.92 Å². The second-order valence-corrected chi connectivity index (χ2v) is 5.81. The van der Waals surface area contributed by atoms with Crippen LogP contribution in [0.5, 0.6) is 0 Å². The molecule has 1 unspecified atom stereocenters. The van der Waals surface area contributed by atoms with Gasteiger partial charge in [0.05, 0.1) is 16.7 Å². The summed E-state index contributed by atoms with van der Waals surface area (Å²) in [4.78, 5) is 7.75. The standard InChI is InChI=1S/C12H20N2OS/c1-8-11(9(2)15)16-12(13-8)14(3)7-10-5-4-6-10/h9-10,15H,4-7H2,1-3H3. The van der Waals surface area contributed by atoms with Gasteiger partial charge in [-0.05, 0) is 32.6 Å². The molecular formula is C12H20N2OS. The monoisotopic (exact) mass is 240 g/mol. The third-order valence-corrected chi connectivity index (χ3v) is 4.73. The first-order chi connectivity index (χ1) is 7.58. The first kappa shape index (κ1) is 11.9. The van der Waals surface area contributed by atoms with Crippen LogP contribution in [0.2, 0.25) is 0 Å². The van der Waals surface area contributed by atoms with E-state index in [0.29, 0.717) is 0 Å². The summed E-state index contributed by atoms with van der Waals surface area (Å²) in [6.07, 6.45) is 3.70. The Kier molecular flexibility index (Phi) is 3.50. The maximum Gasteiger partial charge on any atom is 0.185 e. The Labute approximate surface area is 101 Å². The van der Waals surface area contributed by atoms with E-state index in [1.54, 1.807) is 18.3 Å². The molecule has 1 aliphatic rings. The smallest absolute Gasteiger partial charge is 0.185 e. The molecule has 1 aromatic heterocycles. The molecule has 0 amide bonds. The number of aliphatic hydroxyl groups excluding tert-OH is 1. The minimum absolute atomic E-state index is 0.400. The molecule has 1 atom stereocenters. The Hall–Kier alpha value is -0.610. The van der Waals surface area contributed by atoms with Crippen molar-refractivity contribution in [2.75, 3.05) is 18.5 Å². The molecular weight excluding hydrogens is 220 g/mol. The molecule has 1 saturated carbocycles. The zero-order valence-corrected chi connectivity index (χ0v) is 11.0. The van der Waals surface area contributed by atoms with Crippen LogP contribution in [0.4, 0.5) is 5.13 Å². The van der Waals surface area contributed by atoms with Crippen LogP contribution in [-0.2, 0) is 0 Å². The predicted octanol–water partition coefficient (Wildman–Crippen LogP) is 2.74. The van der Waals surface area contributed by atoms with Crippen molar-refractivity contribution in [3.05, 3.63) is 10.6 Å². The zero-order chi connectivity index (χ0) is 11.7. The van der Waals surface area contributed by atoms with E-state index in [9.17, 15) is 5.11 Å². The van der Waals surface area contributed by atoms with Crippen LogP contribution in [0.3, 0.4) is 0 Å². The van der Waals surface area contributed by atoms with Gasteiger partial charge in [-0.3, -0.25) is 0 Å². The highest BCUT2D eigenvalue weighted by Gasteiger charge is 2.21. The SMILES string of the molecule is Cc1nc(N(C)CC2CCC2)sc1C(C)O. The molecule has 1 aliphatic carbocycles. The fourth-order valence-corrected chi connectivity index (χ4v) is 3.06. The molecule has 1 fully saturated rings. The molecule has 1 aromatic rings. The van der Waals surface area contributed by atoms with E-state index < -0.39 is 6.10 Å². The quantitative estimate of drug-likeness (QED) is 0.879. The lowest BCUT2D eigenvalue weighted by Crippen LogP contribution is -2.29. The van der Waals surface area contributed by atoms with Gasteiger partial charge in [0, 0.05) is 13.6 Å². The van der Waals surface area contributed by atoms with Crippen LogP contribution in [0.25, 0.3) is 0 Å². The van der Waals surface area contributed by atoms with Crippen LogP contribution in [-0.4, -0.2) is 23.7 Å². The van der Waals surface area contributed by atoms with Crippen molar-refractivity contribution >= 4 is 16.5 Å². The van der Waals surface area contributed by atoms with Crippen LogP contribution in [0, 0.1) is 12.8 Å². The van der Waals surface area contributed by atoms with Gasteiger partial charge in [-0.15, -0.1) is 0 Å². The Morgan fingerprint density at radius 2 is 2.25 bits per heavy atom. The van der Waals surface area contributed by atoms with Gasteiger partial charge < -0.3 is 10.0 Å². The average molecular weight is 240 g/mol. The molecule has 0 aromatic carbocycles. The number of hydrogen-bond acceptors (Lipinski definition) is 4. The topological polar surface area (TPSA) is 36.4 Å². The summed E-state index contributed by atoms with van der Waals surface area (Å²) < 4.78 is 0. The number of nitrogens with zero attached hydrogens (tertiary/aromatic N) is 2. The summed E-state index contributed by atoms with van der Waals surface area (Å²) >= 11 is 1.62. The fraction of sp³-hybridized carbons (Fsp3) is 0.750. The van der Waals surface area contributed by atoms with Crippen molar-refractivity contribution in [1.29, 1.82) is 0 Å². The second kappa shape index (κ2) is 4.72. The van der Waals surface area contributed by atoms with E-state index in [1.165, 1.54) is 19.3 Å². The second-order valence-electron chi connectivity index (χ2n) is 4.80. The Balaban J connectivity index is 2.04. The molecule has 0 bridgehead atoms. The van der Waals surface area contributed by atoms with Gasteiger partial charge in [-0.25, -0.2) is 4.98 Å². The Bertz CT molecular complexity index is 358. The number of aromatic nitrogens is 1. The molecule has 1 heterocycles. The van der Waals surface area contributed by atoms with Gasteiger partial charge in [0.25, 0.3) is 0 Å². The first-order valence-corrected chi connectivity index (χ1v) is 6.76. The third-order valence-electron chi connectivity index (χ3n) is 3.28. The average Bonchev–Trinajstić information content (AvgIpc) is 2.53. The molecule has 0 aliphatic heterocycles. The molecule has 0 spiro atoms. The zero-order valence-electron chi connectivity index (χ0n) is 10.2. The van der Waals surface area contributed by atoms with Crippen molar-refractivity contribution in [3.63, 3.8) is 0 Å². The predicted molar refractivity (Wildman–Crippen MR) is 68.1 cm³/mol. The molecule has 90 valence electrons. The summed E-state index contributed by atoms with van der Waals surface area (Å²) in [5.41, 5.74) is 0.968. The van der Waals surface area contributed by atoms with Crippen LogP contribution < -0.4 is 4.90 Å². The molecule has 16 heavy (non-hydrogen) atoms. The van der Waals surface area contributed by atoms with E-state index in [4.69, 9.17) is 0 Å². The van der Waals surface area contributed by atoms with E-state index >= 15 is 0 Å². The van der Waals surface area contributed by atoms with Crippen molar-refractivity contribution in [3.8, 4) is 0 Å². The highest BCUT2D eigenvalue weighted by molar-refractivity contribution is 7.15. The minimum Gasteiger partial charge on any atom is -0.388 e. The number of rotatable bonds is 4. The van der Waals surface area contributed by atoms with E-state index in [0.717, 1.165) is 28.2 Å². The van der Waals surface area contributed by atoms with E-state index in [-0.39, 0.29) is 0 Å². The normalized spacial score (nSPS) is 18.2. The molecule has 4 heteroatoms. The highest BCUT2D eigenvalue weighted by atomic mass is 32.1. The minimum atomic E-state index is -0.400. The highest BCUT2D eigenvalue weighted by Crippen LogP contribution is 2.33. The summed E-state index contributed by atoms with van der Waals surface area (Å²) in [6.45, 7) is 4.88. The van der Waals surface area contributed by atoms with Crippen LogP contribution in [0.1, 0.15) is 42.9 Å². The van der Waals surface area contributed by atoms with Crippen molar-refractivity contribution in [1.82, 2.24) is 4.98 Å². The van der Waals surface area contributed by atoms with E-state index in [2.05, 4.69) is 16.9 Å². The maximum absolute atomic E-state index is 9.59. The number of thiazole rings is 1. The number of aryl methyl sites for hydroxylation is 1. The fourth-order valence-electron chi connectivity index (χ4n) is 2.09. The van der Waals surface area contributed by atoms with Crippen molar-refractivity contribution < 1.29 is 5.11 Å². The lowest BCUT2D eigenvalue weighted by Gasteiger charge is -2.29. The largest absolute Gasteiger partial charge is 0.388 e. The molecule has 1 N–H and O–H groups in total. The molecule has 3 nitrogen and oxygen atoms in total. The third kappa shape index (κ3) is 2.38.